The molecule has 0 unspecified atom stereocenters. The van der Waals surface area contributed by atoms with Crippen LogP contribution in [0.4, 0.5) is 5.69 Å². The molecule has 1 aromatic heterocycles. The van der Waals surface area contributed by atoms with Crippen molar-refractivity contribution in [3.05, 3.63) is 23.9 Å². The van der Waals surface area contributed by atoms with Crippen LogP contribution in [-0.4, -0.2) is 58.3 Å². The molecule has 4 aliphatic rings. The number of fused-ring (bicyclic) bond motifs is 4. The fourth-order valence-electron chi connectivity index (χ4n) is 4.13. The lowest BCUT2D eigenvalue weighted by atomic mass is 9.84. The SMILES string of the molecule is O=C(N[C@@H]1CN2CCC1CC2)c1nsc2cc(NC(=O)C3CC3)ccc12.O=CO. The summed E-state index contributed by atoms with van der Waals surface area (Å²) < 4.78 is 5.32. The van der Waals surface area contributed by atoms with E-state index in [-0.39, 0.29) is 30.2 Å². The molecule has 29 heavy (non-hydrogen) atoms. The van der Waals surface area contributed by atoms with Crippen LogP contribution in [0.1, 0.15) is 36.2 Å². The number of carboxylic acid groups (broad SMARTS) is 1. The third-order valence-corrected chi connectivity index (χ3v) is 6.68. The number of hydrogen-bond acceptors (Lipinski definition) is 6. The number of anilines is 1. The fourth-order valence-corrected chi connectivity index (χ4v) is 4.95. The molecule has 3 saturated heterocycles. The first kappa shape index (κ1) is 19.8. The summed E-state index contributed by atoms with van der Waals surface area (Å²) in [5.74, 6) is 0.784. The van der Waals surface area contributed by atoms with Gasteiger partial charge in [0.25, 0.3) is 12.4 Å². The van der Waals surface area contributed by atoms with Gasteiger partial charge in [0.1, 0.15) is 5.69 Å². The van der Waals surface area contributed by atoms with Gasteiger partial charge in [-0.3, -0.25) is 14.4 Å². The van der Waals surface area contributed by atoms with Crippen molar-refractivity contribution >= 4 is 45.6 Å². The Kier molecular flexibility index (Phi) is 5.77. The highest BCUT2D eigenvalue weighted by Crippen LogP contribution is 2.32. The van der Waals surface area contributed by atoms with Gasteiger partial charge in [0, 0.05) is 29.6 Å². The van der Waals surface area contributed by atoms with E-state index in [4.69, 9.17) is 9.90 Å². The van der Waals surface area contributed by atoms with Crippen molar-refractivity contribution in [2.24, 2.45) is 11.8 Å². The molecule has 4 fully saturated rings. The van der Waals surface area contributed by atoms with Crippen LogP contribution in [0.3, 0.4) is 0 Å². The molecule has 1 saturated carbocycles. The number of aromatic nitrogens is 1. The molecule has 2 aromatic rings. The van der Waals surface area contributed by atoms with E-state index in [1.54, 1.807) is 0 Å². The zero-order valence-corrected chi connectivity index (χ0v) is 16.8. The summed E-state index contributed by atoms with van der Waals surface area (Å²) in [6.45, 7) is 3.02. The van der Waals surface area contributed by atoms with Crippen molar-refractivity contribution < 1.29 is 19.5 Å². The number of hydrogen-bond donors (Lipinski definition) is 3. The minimum absolute atomic E-state index is 0.0789. The van der Waals surface area contributed by atoms with E-state index in [9.17, 15) is 9.59 Å². The highest BCUT2D eigenvalue weighted by molar-refractivity contribution is 7.13. The number of carbonyl (C=O) groups is 3. The quantitative estimate of drug-likeness (QED) is 0.659. The molecule has 9 heteroatoms. The molecule has 1 aromatic carbocycles. The standard InChI is InChI=1S/C19H22N4O2S.CH2O2/c24-18(12-1-2-12)20-13-3-4-14-16(9-13)26-22-17(14)19(25)21-15-10-23-7-5-11(15)6-8-23;2-1-3/h3-4,9,11-12,15H,1-2,5-8,10H2,(H,20,24)(H,21,25);1H,(H,2,3)/t15-;/m1./s1. The predicted octanol–water partition coefficient (Wildman–Crippen LogP) is 2.17. The second-order valence-corrected chi connectivity index (χ2v) is 8.63. The summed E-state index contributed by atoms with van der Waals surface area (Å²) >= 11 is 1.31. The molecule has 1 aliphatic carbocycles. The molecule has 1 atom stereocenters. The number of nitrogens with one attached hydrogen (secondary N) is 2. The largest absolute Gasteiger partial charge is 0.483 e. The van der Waals surface area contributed by atoms with Crippen molar-refractivity contribution in [3.63, 3.8) is 0 Å². The summed E-state index contributed by atoms with van der Waals surface area (Å²) in [6, 6.07) is 5.91. The number of amides is 2. The smallest absolute Gasteiger partial charge is 0.290 e. The minimum atomic E-state index is -0.250. The lowest BCUT2D eigenvalue weighted by Gasteiger charge is -2.44. The number of carbonyl (C=O) groups excluding carboxylic acids is 2. The summed E-state index contributed by atoms with van der Waals surface area (Å²) in [4.78, 5) is 35.5. The highest BCUT2D eigenvalue weighted by atomic mass is 32.1. The molecule has 2 amide bonds. The van der Waals surface area contributed by atoms with Gasteiger partial charge in [-0.05, 0) is 74.4 Å². The normalized spacial score (nSPS) is 25.0. The average molecular weight is 417 g/mol. The Morgan fingerprint density at radius 1 is 1.21 bits per heavy atom. The van der Waals surface area contributed by atoms with Crippen LogP contribution in [0, 0.1) is 11.8 Å². The van der Waals surface area contributed by atoms with Gasteiger partial charge in [-0.25, -0.2) is 0 Å². The van der Waals surface area contributed by atoms with Crippen LogP contribution in [0.2, 0.25) is 0 Å². The number of nitrogens with zero attached hydrogens (tertiary/aromatic N) is 2. The van der Waals surface area contributed by atoms with Gasteiger partial charge in [-0.2, -0.15) is 4.37 Å². The van der Waals surface area contributed by atoms with Gasteiger partial charge < -0.3 is 20.6 Å². The first-order valence-electron chi connectivity index (χ1n) is 9.90. The first-order valence-corrected chi connectivity index (χ1v) is 10.7. The maximum atomic E-state index is 12.8. The van der Waals surface area contributed by atoms with Crippen LogP contribution in [0.25, 0.3) is 10.1 Å². The van der Waals surface area contributed by atoms with Gasteiger partial charge in [0.2, 0.25) is 5.91 Å². The van der Waals surface area contributed by atoms with E-state index in [1.165, 1.54) is 24.4 Å². The monoisotopic (exact) mass is 416 g/mol. The van der Waals surface area contributed by atoms with Gasteiger partial charge in [-0.15, -0.1) is 0 Å². The summed E-state index contributed by atoms with van der Waals surface area (Å²) in [5.41, 5.74) is 1.28. The Morgan fingerprint density at radius 3 is 2.55 bits per heavy atom. The van der Waals surface area contributed by atoms with E-state index < -0.39 is 0 Å². The fraction of sp³-hybridized carbons (Fsp3) is 0.500. The molecule has 4 heterocycles. The van der Waals surface area contributed by atoms with E-state index in [2.05, 4.69) is 19.9 Å². The van der Waals surface area contributed by atoms with Crippen molar-refractivity contribution in [1.29, 1.82) is 0 Å². The van der Waals surface area contributed by atoms with E-state index in [0.717, 1.165) is 48.2 Å². The van der Waals surface area contributed by atoms with E-state index in [1.807, 2.05) is 18.2 Å². The summed E-state index contributed by atoms with van der Waals surface area (Å²) in [7, 11) is 0. The molecular formula is C20H24N4O4S. The van der Waals surface area contributed by atoms with E-state index in [0.29, 0.717) is 11.6 Å². The zero-order chi connectivity index (χ0) is 20.4. The Hall–Kier alpha value is -2.52. The Labute approximate surface area is 172 Å². The summed E-state index contributed by atoms with van der Waals surface area (Å²) in [6.07, 6.45) is 4.32. The Balaban J connectivity index is 0.000000645. The van der Waals surface area contributed by atoms with Crippen LogP contribution in [0.5, 0.6) is 0 Å². The number of rotatable bonds is 4. The lowest BCUT2D eigenvalue weighted by molar-refractivity contribution is -0.123. The van der Waals surface area contributed by atoms with Crippen molar-refractivity contribution in [1.82, 2.24) is 14.6 Å². The Morgan fingerprint density at radius 2 is 1.93 bits per heavy atom. The van der Waals surface area contributed by atoms with Crippen molar-refractivity contribution in [3.8, 4) is 0 Å². The Bertz CT molecular complexity index is 918. The molecule has 154 valence electrons. The maximum Gasteiger partial charge on any atom is 0.290 e. The number of piperidine rings is 3. The molecule has 8 nitrogen and oxygen atoms in total. The third-order valence-electron chi connectivity index (χ3n) is 5.88. The average Bonchev–Trinajstić information content (AvgIpc) is 3.49. The van der Waals surface area contributed by atoms with Crippen LogP contribution < -0.4 is 10.6 Å². The van der Waals surface area contributed by atoms with Crippen LogP contribution in [-0.2, 0) is 9.59 Å². The molecule has 0 radical (unpaired) electrons. The minimum Gasteiger partial charge on any atom is -0.483 e. The van der Waals surface area contributed by atoms with Crippen LogP contribution >= 0.6 is 11.5 Å². The first-order chi connectivity index (χ1) is 14.1. The third kappa shape index (κ3) is 4.40. The van der Waals surface area contributed by atoms with Gasteiger partial charge in [0.15, 0.2) is 0 Å². The van der Waals surface area contributed by atoms with Gasteiger partial charge in [-0.1, -0.05) is 0 Å². The molecule has 0 spiro atoms. The molecule has 6 rings (SSSR count). The van der Waals surface area contributed by atoms with E-state index >= 15 is 0 Å². The van der Waals surface area contributed by atoms with Gasteiger partial charge >= 0.3 is 0 Å². The molecule has 2 bridgehead atoms. The molecular weight excluding hydrogens is 392 g/mol. The van der Waals surface area contributed by atoms with Crippen molar-refractivity contribution in [2.45, 2.75) is 31.7 Å². The molecule has 3 N–H and O–H groups in total. The predicted molar refractivity (Wildman–Crippen MR) is 110 cm³/mol. The maximum absolute atomic E-state index is 12.8. The topological polar surface area (TPSA) is 112 Å². The summed E-state index contributed by atoms with van der Waals surface area (Å²) in [5, 5.41) is 13.9. The van der Waals surface area contributed by atoms with Gasteiger partial charge in [0.05, 0.1) is 4.70 Å². The second kappa shape index (κ2) is 8.46. The number of benzene rings is 1. The molecule has 3 aliphatic heterocycles. The van der Waals surface area contributed by atoms with Crippen LogP contribution in [0.15, 0.2) is 18.2 Å². The zero-order valence-electron chi connectivity index (χ0n) is 16.0. The highest BCUT2D eigenvalue weighted by Gasteiger charge is 2.35. The lowest BCUT2D eigenvalue weighted by Crippen LogP contribution is -2.57. The second-order valence-electron chi connectivity index (χ2n) is 7.83. The van der Waals surface area contributed by atoms with Crippen molar-refractivity contribution in [2.75, 3.05) is 25.0 Å².